The minimum absolute atomic E-state index is 0. The maximum Gasteiger partial charge on any atom is 0.241 e. The van der Waals surface area contributed by atoms with E-state index < -0.39 is 0 Å². The van der Waals surface area contributed by atoms with Crippen LogP contribution in [-0.2, 0) is 11.3 Å². The van der Waals surface area contributed by atoms with Crippen molar-refractivity contribution in [2.75, 3.05) is 52.8 Å². The van der Waals surface area contributed by atoms with Crippen LogP contribution >= 0.6 is 24.0 Å². The lowest BCUT2D eigenvalue weighted by atomic mass is 10.2. The van der Waals surface area contributed by atoms with Crippen molar-refractivity contribution < 1.29 is 9.53 Å². The first-order valence-electron chi connectivity index (χ1n) is 10.1. The number of anilines is 1. The Morgan fingerprint density at radius 3 is 2.45 bits per heavy atom. The number of amides is 1. The molecule has 0 bridgehead atoms. The number of carbonyl (C=O) groups excluding carboxylic acids is 1. The zero-order valence-electron chi connectivity index (χ0n) is 18.8. The fraction of sp³-hybridized carbons (Fsp3) is 0.391. The van der Waals surface area contributed by atoms with Crippen LogP contribution in [0.4, 0.5) is 5.69 Å². The molecule has 1 amide bonds. The molecule has 2 aromatic rings. The van der Waals surface area contributed by atoms with Gasteiger partial charge in [0, 0.05) is 39.9 Å². The van der Waals surface area contributed by atoms with Gasteiger partial charge in [0.05, 0.1) is 20.2 Å². The SMILES string of the molecule is COc1cccc(CN=C(NCCCN(C)c2ccccc2)NCC(=O)N(C)C)c1.I. The van der Waals surface area contributed by atoms with Crippen molar-refractivity contribution in [2.24, 2.45) is 4.99 Å². The number of guanidine groups is 1. The van der Waals surface area contributed by atoms with E-state index in [1.54, 1.807) is 26.1 Å². The second kappa shape index (κ2) is 14.5. The number of aliphatic imine (C=N–C) groups is 1. The number of hydrogen-bond acceptors (Lipinski definition) is 4. The predicted molar refractivity (Wildman–Crippen MR) is 139 cm³/mol. The monoisotopic (exact) mass is 539 g/mol. The van der Waals surface area contributed by atoms with Gasteiger partial charge in [-0.2, -0.15) is 0 Å². The van der Waals surface area contributed by atoms with Crippen molar-refractivity contribution in [2.45, 2.75) is 13.0 Å². The lowest BCUT2D eigenvalue weighted by Gasteiger charge is -2.20. The van der Waals surface area contributed by atoms with Gasteiger partial charge in [0.1, 0.15) is 5.75 Å². The zero-order chi connectivity index (χ0) is 21.8. The third kappa shape index (κ3) is 9.91. The molecule has 7 nitrogen and oxygen atoms in total. The highest BCUT2D eigenvalue weighted by Gasteiger charge is 2.06. The van der Waals surface area contributed by atoms with Crippen LogP contribution in [0.15, 0.2) is 59.6 Å². The Labute approximate surface area is 202 Å². The number of carbonyl (C=O) groups is 1. The average molecular weight is 539 g/mol. The van der Waals surface area contributed by atoms with Crippen LogP contribution in [0.2, 0.25) is 0 Å². The molecule has 0 aliphatic heterocycles. The van der Waals surface area contributed by atoms with Gasteiger partial charge in [-0.05, 0) is 36.2 Å². The van der Waals surface area contributed by atoms with Crippen LogP contribution in [0, 0.1) is 0 Å². The number of ether oxygens (including phenoxy) is 1. The lowest BCUT2D eigenvalue weighted by molar-refractivity contribution is -0.127. The largest absolute Gasteiger partial charge is 0.497 e. The third-order valence-electron chi connectivity index (χ3n) is 4.62. The number of halogens is 1. The molecule has 0 saturated heterocycles. The maximum absolute atomic E-state index is 11.9. The van der Waals surface area contributed by atoms with E-state index in [0.717, 1.165) is 30.8 Å². The van der Waals surface area contributed by atoms with Gasteiger partial charge in [0.25, 0.3) is 0 Å². The molecule has 170 valence electrons. The van der Waals surface area contributed by atoms with Crippen LogP contribution < -0.4 is 20.3 Å². The number of hydrogen-bond donors (Lipinski definition) is 2. The highest BCUT2D eigenvalue weighted by molar-refractivity contribution is 14.0. The van der Waals surface area contributed by atoms with Crippen molar-refractivity contribution in [3.05, 3.63) is 60.2 Å². The highest BCUT2D eigenvalue weighted by atomic mass is 127. The van der Waals surface area contributed by atoms with Gasteiger partial charge in [-0.1, -0.05) is 30.3 Å². The molecule has 0 fully saturated rings. The van der Waals surface area contributed by atoms with Gasteiger partial charge in [0.15, 0.2) is 5.96 Å². The second-order valence-electron chi connectivity index (χ2n) is 7.20. The molecule has 2 N–H and O–H groups in total. The Hall–Kier alpha value is -2.49. The van der Waals surface area contributed by atoms with E-state index in [2.05, 4.69) is 39.7 Å². The molecule has 0 unspecified atom stereocenters. The summed E-state index contributed by atoms with van der Waals surface area (Å²) >= 11 is 0. The summed E-state index contributed by atoms with van der Waals surface area (Å²) < 4.78 is 5.27. The van der Waals surface area contributed by atoms with Crippen molar-refractivity contribution >= 4 is 41.5 Å². The summed E-state index contributed by atoms with van der Waals surface area (Å²) in [6.07, 6.45) is 0.937. The summed E-state index contributed by atoms with van der Waals surface area (Å²) in [5.41, 5.74) is 2.23. The summed E-state index contributed by atoms with van der Waals surface area (Å²) in [6, 6.07) is 18.1. The Balaban J connectivity index is 0.00000480. The van der Waals surface area contributed by atoms with Crippen molar-refractivity contribution in [3.8, 4) is 5.75 Å². The van der Waals surface area contributed by atoms with Crippen molar-refractivity contribution in [3.63, 3.8) is 0 Å². The van der Waals surface area contributed by atoms with Crippen molar-refractivity contribution in [1.29, 1.82) is 0 Å². The fourth-order valence-electron chi connectivity index (χ4n) is 2.77. The van der Waals surface area contributed by atoms with Crippen LogP contribution in [0.25, 0.3) is 0 Å². The molecule has 8 heteroatoms. The molecule has 31 heavy (non-hydrogen) atoms. The van der Waals surface area contributed by atoms with Gasteiger partial charge in [-0.25, -0.2) is 4.99 Å². The third-order valence-corrected chi connectivity index (χ3v) is 4.62. The minimum atomic E-state index is -0.00492. The quantitative estimate of drug-likeness (QED) is 0.210. The van der Waals surface area contributed by atoms with E-state index in [1.807, 2.05) is 42.5 Å². The summed E-state index contributed by atoms with van der Waals surface area (Å²) in [5.74, 6) is 1.42. The number of likely N-dealkylation sites (N-methyl/N-ethyl adjacent to an activating group) is 1. The Morgan fingerprint density at radius 1 is 1.03 bits per heavy atom. The van der Waals surface area contributed by atoms with E-state index in [0.29, 0.717) is 12.5 Å². The number of nitrogens with one attached hydrogen (secondary N) is 2. The molecule has 2 aromatic carbocycles. The first-order valence-corrected chi connectivity index (χ1v) is 10.1. The number of benzene rings is 2. The second-order valence-corrected chi connectivity index (χ2v) is 7.20. The number of rotatable bonds is 10. The first-order chi connectivity index (χ1) is 14.5. The summed E-state index contributed by atoms with van der Waals surface area (Å²) in [5, 5.41) is 6.45. The first kappa shape index (κ1) is 26.5. The Bertz CT molecular complexity index is 815. The van der Waals surface area contributed by atoms with Gasteiger partial charge < -0.3 is 25.2 Å². The van der Waals surface area contributed by atoms with Crippen LogP contribution in [0.5, 0.6) is 5.75 Å². The molecule has 0 aliphatic carbocycles. The molecule has 0 atom stereocenters. The normalized spacial score (nSPS) is 10.6. The van der Waals surface area contributed by atoms with Gasteiger partial charge >= 0.3 is 0 Å². The standard InChI is InChI=1S/C23H33N5O2.HI/c1-27(2)22(29)18-26-23(25-17-19-10-8-13-21(16-19)30-4)24-14-9-15-28(3)20-11-6-5-7-12-20;/h5-8,10-13,16H,9,14-15,17-18H2,1-4H3,(H2,24,25,26);1H. The summed E-state index contributed by atoms with van der Waals surface area (Å²) in [6.45, 7) is 2.35. The lowest BCUT2D eigenvalue weighted by Crippen LogP contribution is -2.43. The molecule has 2 rings (SSSR count). The van der Waals surface area contributed by atoms with Gasteiger partial charge in [-0.15, -0.1) is 24.0 Å². The van der Waals surface area contributed by atoms with Crippen LogP contribution in [0.3, 0.4) is 0 Å². The minimum Gasteiger partial charge on any atom is -0.497 e. The van der Waals surface area contributed by atoms with E-state index in [9.17, 15) is 4.79 Å². The zero-order valence-corrected chi connectivity index (χ0v) is 21.1. The average Bonchev–Trinajstić information content (AvgIpc) is 2.78. The molecule has 0 aliphatic rings. The fourth-order valence-corrected chi connectivity index (χ4v) is 2.77. The molecule has 0 heterocycles. The predicted octanol–water partition coefficient (Wildman–Crippen LogP) is 2.96. The molecule has 0 aromatic heterocycles. The van der Waals surface area contributed by atoms with Crippen LogP contribution in [0.1, 0.15) is 12.0 Å². The number of nitrogens with zero attached hydrogens (tertiary/aromatic N) is 3. The molecule has 0 radical (unpaired) electrons. The molecular weight excluding hydrogens is 505 g/mol. The molecular formula is C23H34IN5O2. The smallest absolute Gasteiger partial charge is 0.241 e. The van der Waals surface area contributed by atoms with Crippen LogP contribution in [-0.4, -0.2) is 64.7 Å². The van der Waals surface area contributed by atoms with E-state index in [1.165, 1.54) is 5.69 Å². The van der Waals surface area contributed by atoms with Gasteiger partial charge in [0.2, 0.25) is 5.91 Å². The van der Waals surface area contributed by atoms with Crippen molar-refractivity contribution in [1.82, 2.24) is 15.5 Å². The van der Waals surface area contributed by atoms with E-state index >= 15 is 0 Å². The Morgan fingerprint density at radius 2 is 1.77 bits per heavy atom. The van der Waals surface area contributed by atoms with Gasteiger partial charge in [-0.3, -0.25) is 4.79 Å². The van der Waals surface area contributed by atoms with E-state index in [-0.39, 0.29) is 36.4 Å². The summed E-state index contributed by atoms with van der Waals surface area (Å²) in [7, 11) is 7.21. The molecule has 0 saturated carbocycles. The Kier molecular flexibility index (Phi) is 12.4. The maximum atomic E-state index is 11.9. The number of methoxy groups -OCH3 is 1. The highest BCUT2D eigenvalue weighted by Crippen LogP contribution is 2.13. The molecule has 0 spiro atoms. The number of para-hydroxylation sites is 1. The van der Waals surface area contributed by atoms with E-state index in [4.69, 9.17) is 4.74 Å². The topological polar surface area (TPSA) is 69.2 Å². The summed E-state index contributed by atoms with van der Waals surface area (Å²) in [4.78, 5) is 20.3.